The summed E-state index contributed by atoms with van der Waals surface area (Å²) in [6, 6.07) is -6.29. The fourth-order valence-electron chi connectivity index (χ4n) is 9.08. The number of carbonyl (C=O) groups excluding carboxylic acids is 13. The monoisotopic (exact) mass is 1270 g/mol. The standard InChI is InChI=1S/C54H86N14O19S/c1-29(2)13-36(66-52(84)39(22-55)68-46(77)21-43(88-4)53(68)85)41(73)18-33(26-69)49(81)62-24-35(71)15-30(7-5-8-61-54(57)58)50(82)67-38(27-70)42(74)17-32(19-47(78)79)51(83)65-37(20-44(56)75)40(72)16-31(14-34-23-59-28-64-34)48(80)63-25-45(76)60-9-6-10-87-12-11-86-3/h23,28-33,36-39,43,69-70H,5-22,24-27,55H2,1-4H3,(H2,56,75)(H,59,64)(H,60,76)(H,62,81)(H,63,80)(H,65,83)(H,66,84)(H,67,82)(H,78,79)(H4,57,58,61)/t30-,31-,32+,33+,36+,37+,38+,39+,43?/m1/s1. The number of imide groups is 1. The van der Waals surface area contributed by atoms with Gasteiger partial charge in [-0.25, -0.2) is 4.98 Å². The lowest BCUT2D eigenvalue weighted by molar-refractivity contribution is -0.147. The number of aliphatic imine (C=N–C) groups is 1. The van der Waals surface area contributed by atoms with Crippen molar-refractivity contribution >= 4 is 100.0 Å². The van der Waals surface area contributed by atoms with Gasteiger partial charge in [-0.15, -0.1) is 0 Å². The average molecular weight is 1270 g/mol. The number of primary amides is 1. The highest BCUT2D eigenvalue weighted by Gasteiger charge is 2.45. The average Bonchev–Trinajstić information content (AvgIpc) is 4.14. The molecule has 1 aromatic heterocycles. The smallest absolute Gasteiger partial charge is 0.304 e. The number of aromatic nitrogens is 2. The first-order chi connectivity index (χ1) is 41.7. The van der Waals surface area contributed by atoms with Crippen molar-refractivity contribution in [3.05, 3.63) is 18.2 Å². The molecule has 492 valence electrons. The number of likely N-dealkylation sites (tertiary alicyclic amines) is 1. The Morgan fingerprint density at radius 1 is 0.739 bits per heavy atom. The number of carbonyl (C=O) groups is 14. The Hall–Kier alpha value is -7.79. The number of hydrogen-bond acceptors (Lipinski definition) is 22. The van der Waals surface area contributed by atoms with Gasteiger partial charge in [-0.2, -0.15) is 11.8 Å². The molecule has 0 spiro atoms. The minimum Gasteiger partial charge on any atom is -0.481 e. The molecule has 2 heterocycles. The summed E-state index contributed by atoms with van der Waals surface area (Å²) >= 11 is 1.13. The Bertz CT molecular complexity index is 2590. The van der Waals surface area contributed by atoms with Crippen LogP contribution in [0.5, 0.6) is 0 Å². The lowest BCUT2D eigenvalue weighted by Crippen LogP contribution is -2.56. The zero-order valence-corrected chi connectivity index (χ0v) is 50.7. The van der Waals surface area contributed by atoms with Gasteiger partial charge in [0.2, 0.25) is 53.2 Å². The van der Waals surface area contributed by atoms with Gasteiger partial charge >= 0.3 is 5.97 Å². The van der Waals surface area contributed by atoms with Crippen LogP contribution >= 0.6 is 11.8 Å². The summed E-state index contributed by atoms with van der Waals surface area (Å²) in [5.74, 6) is -19.2. The van der Waals surface area contributed by atoms with Gasteiger partial charge in [0.25, 0.3) is 0 Å². The highest BCUT2D eigenvalue weighted by Crippen LogP contribution is 2.26. The van der Waals surface area contributed by atoms with Gasteiger partial charge < -0.3 is 84.6 Å². The normalized spacial score (nSPS) is 15.7. The summed E-state index contributed by atoms with van der Waals surface area (Å²) in [7, 11) is 1.52. The third-order valence-corrected chi connectivity index (χ3v) is 14.7. The number of nitrogens with zero attached hydrogens (tertiary/aromatic N) is 3. The minimum atomic E-state index is -1.83. The number of aromatic amines is 1. The molecule has 88 heavy (non-hydrogen) atoms. The Balaban J connectivity index is 2.22. The van der Waals surface area contributed by atoms with Gasteiger partial charge in [-0.05, 0) is 37.9 Å². The van der Waals surface area contributed by atoms with Crippen molar-refractivity contribution in [3.8, 4) is 0 Å². The molecule has 9 amide bonds. The second-order valence-electron chi connectivity index (χ2n) is 21.2. The fraction of sp³-hybridized carbons (Fsp3) is 0.667. The Morgan fingerprint density at radius 3 is 1.93 bits per heavy atom. The maximum absolute atomic E-state index is 13.9. The van der Waals surface area contributed by atoms with Crippen LogP contribution in [0.4, 0.5) is 0 Å². The minimum absolute atomic E-state index is 0.0423. The van der Waals surface area contributed by atoms with E-state index in [1.165, 1.54) is 19.6 Å². The van der Waals surface area contributed by atoms with Crippen molar-refractivity contribution in [2.24, 2.45) is 57.5 Å². The maximum Gasteiger partial charge on any atom is 0.304 e. The second kappa shape index (κ2) is 40.6. The lowest BCUT2D eigenvalue weighted by Gasteiger charge is -2.28. The number of rotatable bonds is 47. The number of aliphatic hydroxyl groups is 2. The highest BCUT2D eigenvalue weighted by molar-refractivity contribution is 8.00. The molecule has 9 atom stereocenters. The molecule has 2 rings (SSSR count). The van der Waals surface area contributed by atoms with Crippen molar-refractivity contribution in [2.45, 2.75) is 120 Å². The first kappa shape index (κ1) is 76.3. The number of methoxy groups -OCH3 is 1. The first-order valence-corrected chi connectivity index (χ1v) is 29.7. The van der Waals surface area contributed by atoms with Gasteiger partial charge in [0.1, 0.15) is 12.1 Å². The summed E-state index contributed by atoms with van der Waals surface area (Å²) in [6.07, 6.45) is -0.355. The molecule has 1 aliphatic heterocycles. The zero-order valence-electron chi connectivity index (χ0n) is 49.9. The number of carboxylic acids is 1. The first-order valence-electron chi connectivity index (χ1n) is 28.4. The number of aliphatic carboxylic acids is 1. The van der Waals surface area contributed by atoms with E-state index in [2.05, 4.69) is 46.9 Å². The number of carboxylic acid groups (broad SMARTS) is 1. The molecule has 0 saturated carbocycles. The van der Waals surface area contributed by atoms with E-state index in [4.69, 9.17) is 32.4 Å². The second-order valence-corrected chi connectivity index (χ2v) is 22.3. The van der Waals surface area contributed by atoms with Crippen LogP contribution in [0.15, 0.2) is 17.5 Å². The third kappa shape index (κ3) is 27.9. The highest BCUT2D eigenvalue weighted by atomic mass is 32.2. The topological polar surface area (TPSA) is 539 Å². The molecule has 1 fully saturated rings. The van der Waals surface area contributed by atoms with Crippen LogP contribution in [0.1, 0.15) is 90.2 Å². The van der Waals surface area contributed by atoms with Crippen LogP contribution < -0.4 is 54.8 Å². The van der Waals surface area contributed by atoms with E-state index in [0.29, 0.717) is 31.9 Å². The molecule has 33 nitrogen and oxygen atoms in total. The van der Waals surface area contributed by atoms with Crippen molar-refractivity contribution in [1.29, 1.82) is 0 Å². The summed E-state index contributed by atoms with van der Waals surface area (Å²) in [5, 5.41) is 44.1. The van der Waals surface area contributed by atoms with Crippen LogP contribution in [0, 0.1) is 29.6 Å². The summed E-state index contributed by atoms with van der Waals surface area (Å²) in [6.45, 7) is 1.05. The van der Waals surface area contributed by atoms with Gasteiger partial charge in [0, 0.05) is 89.7 Å². The number of nitrogens with one attached hydrogen (secondary N) is 7. The van der Waals surface area contributed by atoms with E-state index in [-0.39, 0.29) is 57.1 Å². The molecule has 0 aromatic carbocycles. The number of imidazole rings is 1. The summed E-state index contributed by atoms with van der Waals surface area (Å²) in [5.41, 5.74) is 22.5. The van der Waals surface area contributed by atoms with E-state index in [9.17, 15) is 82.4 Å². The van der Waals surface area contributed by atoms with E-state index in [0.717, 1.165) is 16.7 Å². The molecule has 0 bridgehead atoms. The van der Waals surface area contributed by atoms with E-state index >= 15 is 0 Å². The van der Waals surface area contributed by atoms with Crippen molar-refractivity contribution in [1.82, 2.24) is 46.8 Å². The van der Waals surface area contributed by atoms with E-state index in [1.807, 2.05) is 0 Å². The number of aliphatic hydroxyl groups excluding tert-OH is 2. The number of H-pyrrole nitrogens is 1. The van der Waals surface area contributed by atoms with Crippen LogP contribution in [-0.2, 0) is 83.0 Å². The SMILES string of the molecule is COCCOCCCNC(=O)CNC(=O)[C@@H](CC(=O)[C@H](CC(N)=O)NC(=O)[C@H](CC(=O)O)CC(=O)[C@H](CO)NC(=O)[C@H](CCCN=C(N)N)CC(=O)CNC(=O)[C@H](CO)CC(=O)[C@H](CC(C)C)NC(=O)[C@H](CN)N1C(=O)CC(SC)C1=O)Cc1cnc[nH]1. The Kier molecular flexibility index (Phi) is 35.2. The number of Topliss-reactive ketones (excluding diaryl/α,β-unsaturated/α-hetero) is 4. The molecule has 18 N–H and O–H groups in total. The molecule has 0 aliphatic carbocycles. The fourth-order valence-corrected chi connectivity index (χ4v) is 9.70. The largest absolute Gasteiger partial charge is 0.481 e. The molecule has 0 radical (unpaired) electrons. The van der Waals surface area contributed by atoms with Crippen molar-refractivity contribution in [3.63, 3.8) is 0 Å². The number of ketones is 4. The van der Waals surface area contributed by atoms with Gasteiger partial charge in [0.15, 0.2) is 29.1 Å². The number of thioether (sulfide) groups is 1. The quantitative estimate of drug-likeness (QED) is 0.0125. The molecule has 1 aliphatic rings. The number of amides is 9. The Labute approximate surface area is 512 Å². The number of guanidine groups is 1. The number of hydrogen-bond donors (Lipinski definition) is 14. The molecular formula is C54H86N14O19S. The van der Waals surface area contributed by atoms with Crippen LogP contribution in [0.3, 0.4) is 0 Å². The lowest BCUT2D eigenvalue weighted by atomic mass is 9.90. The molecule has 1 saturated heterocycles. The third-order valence-electron chi connectivity index (χ3n) is 13.7. The van der Waals surface area contributed by atoms with E-state index < -0.39 is 207 Å². The number of ether oxygens (including phenoxy) is 2. The molecule has 1 unspecified atom stereocenters. The van der Waals surface area contributed by atoms with Crippen molar-refractivity contribution in [2.75, 3.05) is 79.1 Å². The molecule has 34 heteroatoms. The molecular weight excluding hydrogens is 1180 g/mol. The summed E-state index contributed by atoms with van der Waals surface area (Å²) in [4.78, 5) is 197. The van der Waals surface area contributed by atoms with E-state index in [1.54, 1.807) is 20.1 Å². The van der Waals surface area contributed by atoms with Gasteiger partial charge in [0.05, 0.1) is 93.8 Å². The summed E-state index contributed by atoms with van der Waals surface area (Å²) < 4.78 is 10.2. The maximum atomic E-state index is 13.9. The van der Waals surface area contributed by atoms with Crippen molar-refractivity contribution < 1.29 is 91.9 Å². The zero-order chi connectivity index (χ0) is 66.0. The van der Waals surface area contributed by atoms with Crippen LogP contribution in [0.25, 0.3) is 0 Å². The van der Waals surface area contributed by atoms with Crippen LogP contribution in [0.2, 0.25) is 0 Å². The Morgan fingerprint density at radius 2 is 1.35 bits per heavy atom. The predicted molar refractivity (Wildman–Crippen MR) is 313 cm³/mol. The predicted octanol–water partition coefficient (Wildman–Crippen LogP) is -5.64. The molecule has 1 aromatic rings. The van der Waals surface area contributed by atoms with Gasteiger partial charge in [-0.1, -0.05) is 13.8 Å². The number of nitrogens with two attached hydrogens (primary N) is 4. The van der Waals surface area contributed by atoms with Crippen LogP contribution in [-0.4, -0.2) is 227 Å². The van der Waals surface area contributed by atoms with Gasteiger partial charge in [-0.3, -0.25) is 77.0 Å².